The number of alkyl halides is 3. The lowest BCUT2D eigenvalue weighted by atomic mass is 10.1. The van der Waals surface area contributed by atoms with Crippen molar-refractivity contribution in [3.63, 3.8) is 0 Å². The summed E-state index contributed by atoms with van der Waals surface area (Å²) < 4.78 is 51.6. The average molecular weight is 473 g/mol. The van der Waals surface area contributed by atoms with Crippen LogP contribution in [0.2, 0.25) is 0 Å². The normalized spacial score (nSPS) is 13.5. The first-order chi connectivity index (χ1) is 16.3. The number of hydrogen-bond donors (Lipinski definition) is 1. The van der Waals surface area contributed by atoms with E-state index in [1.807, 2.05) is 18.2 Å². The summed E-state index contributed by atoms with van der Waals surface area (Å²) in [5, 5.41) is 6.57. The molecule has 180 valence electrons. The molecule has 1 aliphatic rings. The van der Waals surface area contributed by atoms with Crippen LogP contribution in [0.4, 0.5) is 13.2 Å². The molecule has 0 atom stereocenters. The monoisotopic (exact) mass is 473 g/mol. The SMILES string of the molecule is COc1ccccc1OCc1cccc(C(=O)NCCCn2nc(C(F)(F)F)cc2C2CC2)c1. The summed E-state index contributed by atoms with van der Waals surface area (Å²) in [5.74, 6) is 1.13. The van der Waals surface area contributed by atoms with E-state index in [4.69, 9.17) is 9.47 Å². The zero-order chi connectivity index (χ0) is 24.1. The van der Waals surface area contributed by atoms with Crippen molar-refractivity contribution in [3.05, 3.63) is 77.1 Å². The van der Waals surface area contributed by atoms with E-state index in [1.54, 1.807) is 37.4 Å². The van der Waals surface area contributed by atoms with Gasteiger partial charge in [-0.1, -0.05) is 24.3 Å². The summed E-state index contributed by atoms with van der Waals surface area (Å²) in [6.45, 7) is 0.910. The molecule has 0 spiro atoms. The first-order valence-corrected chi connectivity index (χ1v) is 11.1. The molecule has 1 heterocycles. The van der Waals surface area contributed by atoms with Gasteiger partial charge in [-0.05, 0) is 55.2 Å². The minimum absolute atomic E-state index is 0.152. The maximum absolute atomic E-state index is 13.0. The van der Waals surface area contributed by atoms with E-state index < -0.39 is 11.9 Å². The molecule has 0 saturated heterocycles. The zero-order valence-electron chi connectivity index (χ0n) is 18.8. The Bertz CT molecular complexity index is 1140. The average Bonchev–Trinajstić information content (AvgIpc) is 3.58. The van der Waals surface area contributed by atoms with Gasteiger partial charge in [-0.15, -0.1) is 0 Å². The Hall–Kier alpha value is -3.49. The van der Waals surface area contributed by atoms with Crippen LogP contribution in [0.1, 0.15) is 52.5 Å². The van der Waals surface area contributed by atoms with Crippen molar-refractivity contribution < 1.29 is 27.4 Å². The number of para-hydroxylation sites is 2. The van der Waals surface area contributed by atoms with E-state index in [2.05, 4.69) is 10.4 Å². The molecule has 0 radical (unpaired) electrons. The molecule has 2 aromatic carbocycles. The van der Waals surface area contributed by atoms with Gasteiger partial charge >= 0.3 is 6.18 Å². The molecular weight excluding hydrogens is 447 g/mol. The van der Waals surface area contributed by atoms with Gasteiger partial charge in [0.2, 0.25) is 0 Å². The first-order valence-electron chi connectivity index (χ1n) is 11.1. The summed E-state index contributed by atoms with van der Waals surface area (Å²) in [4.78, 5) is 12.6. The Morgan fingerprint density at radius 3 is 2.59 bits per heavy atom. The molecule has 34 heavy (non-hydrogen) atoms. The van der Waals surface area contributed by atoms with E-state index in [-0.39, 0.29) is 18.4 Å². The molecule has 1 saturated carbocycles. The topological polar surface area (TPSA) is 65.4 Å². The number of carbonyl (C=O) groups is 1. The molecule has 1 aromatic heterocycles. The van der Waals surface area contributed by atoms with Crippen LogP contribution in [0.25, 0.3) is 0 Å². The van der Waals surface area contributed by atoms with Crippen LogP contribution >= 0.6 is 0 Å². The van der Waals surface area contributed by atoms with Crippen molar-refractivity contribution >= 4 is 5.91 Å². The molecule has 3 aromatic rings. The number of hydrogen-bond acceptors (Lipinski definition) is 4. The highest BCUT2D eigenvalue weighted by molar-refractivity contribution is 5.94. The Balaban J connectivity index is 1.29. The molecule has 9 heteroatoms. The molecule has 6 nitrogen and oxygen atoms in total. The second-order valence-electron chi connectivity index (χ2n) is 8.20. The Labute approximate surface area is 195 Å². The van der Waals surface area contributed by atoms with Crippen molar-refractivity contribution in [1.29, 1.82) is 0 Å². The number of benzene rings is 2. The molecular formula is C25H26F3N3O3. The fraction of sp³-hybridized carbons (Fsp3) is 0.360. The van der Waals surface area contributed by atoms with Gasteiger partial charge < -0.3 is 14.8 Å². The molecule has 0 bridgehead atoms. The summed E-state index contributed by atoms with van der Waals surface area (Å²) in [6, 6.07) is 15.6. The van der Waals surface area contributed by atoms with Gasteiger partial charge in [0.15, 0.2) is 17.2 Å². The highest BCUT2D eigenvalue weighted by Gasteiger charge is 2.37. The Morgan fingerprint density at radius 2 is 1.88 bits per heavy atom. The van der Waals surface area contributed by atoms with Gasteiger partial charge in [0.25, 0.3) is 5.91 Å². The van der Waals surface area contributed by atoms with Gasteiger partial charge in [-0.2, -0.15) is 18.3 Å². The van der Waals surface area contributed by atoms with Crippen LogP contribution < -0.4 is 14.8 Å². The number of amides is 1. The lowest BCUT2D eigenvalue weighted by Gasteiger charge is -2.11. The summed E-state index contributed by atoms with van der Waals surface area (Å²) in [7, 11) is 1.57. The van der Waals surface area contributed by atoms with Crippen molar-refractivity contribution in [3.8, 4) is 11.5 Å². The molecule has 1 N–H and O–H groups in total. The van der Waals surface area contributed by atoms with Crippen molar-refractivity contribution in [2.75, 3.05) is 13.7 Å². The van der Waals surface area contributed by atoms with Crippen LogP contribution in [-0.2, 0) is 19.3 Å². The third-order valence-corrected chi connectivity index (χ3v) is 5.58. The van der Waals surface area contributed by atoms with Crippen LogP contribution in [0, 0.1) is 0 Å². The van der Waals surface area contributed by atoms with Gasteiger partial charge in [-0.3, -0.25) is 9.48 Å². The Kier molecular flexibility index (Phi) is 7.09. The largest absolute Gasteiger partial charge is 0.493 e. The van der Waals surface area contributed by atoms with Crippen molar-refractivity contribution in [1.82, 2.24) is 15.1 Å². The molecule has 1 amide bonds. The molecule has 0 aliphatic heterocycles. The number of nitrogens with zero attached hydrogens (tertiary/aromatic N) is 2. The third-order valence-electron chi connectivity index (χ3n) is 5.58. The predicted molar refractivity (Wildman–Crippen MR) is 120 cm³/mol. The lowest BCUT2D eigenvalue weighted by molar-refractivity contribution is -0.141. The molecule has 4 rings (SSSR count). The van der Waals surface area contributed by atoms with Gasteiger partial charge in [0, 0.05) is 30.3 Å². The van der Waals surface area contributed by atoms with Crippen LogP contribution in [0.3, 0.4) is 0 Å². The summed E-state index contributed by atoms with van der Waals surface area (Å²) in [5.41, 5.74) is 1.08. The van der Waals surface area contributed by atoms with Crippen molar-refractivity contribution in [2.24, 2.45) is 0 Å². The molecule has 1 aliphatic carbocycles. The number of aromatic nitrogens is 2. The van der Waals surface area contributed by atoms with Crippen LogP contribution in [0.5, 0.6) is 11.5 Å². The minimum Gasteiger partial charge on any atom is -0.493 e. The maximum Gasteiger partial charge on any atom is 0.435 e. The molecule has 0 unspecified atom stereocenters. The van der Waals surface area contributed by atoms with Crippen LogP contribution in [0.15, 0.2) is 54.6 Å². The standard InChI is InChI=1S/C25H26F3N3O3/c1-33-21-8-2-3-9-22(21)34-16-17-6-4-7-19(14-17)24(32)29-12-5-13-31-20(18-10-11-18)15-23(30-31)25(26,27)28/h2-4,6-9,14-15,18H,5,10-13,16H2,1H3,(H,29,32). The van der Waals surface area contributed by atoms with E-state index in [1.165, 1.54) is 4.68 Å². The van der Waals surface area contributed by atoms with E-state index in [0.29, 0.717) is 42.3 Å². The first kappa shape index (κ1) is 23.7. The van der Waals surface area contributed by atoms with E-state index in [0.717, 1.165) is 24.5 Å². The summed E-state index contributed by atoms with van der Waals surface area (Å²) >= 11 is 0. The fourth-order valence-electron chi connectivity index (χ4n) is 3.69. The fourth-order valence-corrected chi connectivity index (χ4v) is 3.69. The van der Waals surface area contributed by atoms with Gasteiger partial charge in [0.05, 0.1) is 7.11 Å². The second kappa shape index (κ2) is 10.2. The number of carbonyl (C=O) groups excluding carboxylic acids is 1. The van der Waals surface area contributed by atoms with Crippen molar-refractivity contribution in [2.45, 2.75) is 44.5 Å². The van der Waals surface area contributed by atoms with Gasteiger partial charge in [-0.25, -0.2) is 0 Å². The maximum atomic E-state index is 13.0. The summed E-state index contributed by atoms with van der Waals surface area (Å²) in [6.07, 6.45) is -2.21. The number of aryl methyl sites for hydroxylation is 1. The third kappa shape index (κ3) is 5.89. The van der Waals surface area contributed by atoms with Crippen LogP contribution in [-0.4, -0.2) is 29.3 Å². The van der Waals surface area contributed by atoms with Gasteiger partial charge in [0.1, 0.15) is 6.61 Å². The second-order valence-corrected chi connectivity index (χ2v) is 8.20. The molecule has 1 fully saturated rings. The number of methoxy groups -OCH3 is 1. The highest BCUT2D eigenvalue weighted by atomic mass is 19.4. The zero-order valence-corrected chi connectivity index (χ0v) is 18.8. The van der Waals surface area contributed by atoms with E-state index in [9.17, 15) is 18.0 Å². The van der Waals surface area contributed by atoms with E-state index >= 15 is 0 Å². The lowest BCUT2D eigenvalue weighted by Crippen LogP contribution is -2.25. The number of rotatable bonds is 10. The predicted octanol–water partition coefficient (Wildman–Crippen LogP) is 5.19. The quantitative estimate of drug-likeness (QED) is 0.412. The number of halogens is 3. The minimum atomic E-state index is -4.45. The number of ether oxygens (including phenoxy) is 2. The number of nitrogens with one attached hydrogen (secondary N) is 1. The Morgan fingerprint density at radius 1 is 1.12 bits per heavy atom. The smallest absolute Gasteiger partial charge is 0.435 e. The highest BCUT2D eigenvalue weighted by Crippen LogP contribution is 2.42.